The van der Waals surface area contributed by atoms with Gasteiger partial charge in [-0.15, -0.1) is 0 Å². The second-order valence-corrected chi connectivity index (χ2v) is 21.0. The number of aromatic hydroxyl groups is 1. The zero-order valence-corrected chi connectivity index (χ0v) is 45.3. The standard InChI is InChI=1S/C65H74N4O9/c1-40-16-21-52-57-39-78-61-32-43(18-23-60(61)75-4)17-20-49(70)36-50-34-47-35-58(71)46(33-44(47)13-6-5-10-41-12-8-15-48(31-41)69-65(66)68-3)19-22-51(45-14-7-11-42(30-45)24-28-76-27-9-26-67-2)53(25-29-77-50)63-56(37-55(57)64(73)74)62(52)54(40)38-59(63)72/h7-8,11-12,14-16,18-19,21-23,30-33,35,37-38,40,44,47,50-51,53,64,67,71-74H,5-6,9-10,13,17,20,24,26-28,34,36,39H2,1-4H3,(H3,66,68,69)/b22-19+/t40-,44-,47+,50+,51+,53-/m1/s1. The molecule has 4 heterocycles. The molecule has 0 unspecified atom stereocenters. The van der Waals surface area contributed by atoms with Gasteiger partial charge in [-0.2, -0.15) is 0 Å². The summed E-state index contributed by atoms with van der Waals surface area (Å²) >= 11 is 0. The summed E-state index contributed by atoms with van der Waals surface area (Å²) < 4.78 is 25.1. The van der Waals surface area contributed by atoms with Crippen molar-refractivity contribution >= 4 is 34.3 Å². The van der Waals surface area contributed by atoms with Gasteiger partial charge in [0, 0.05) is 66.3 Å². The number of benzene rings is 5. The minimum Gasteiger partial charge on any atom is -0.508 e. The molecule has 0 saturated carbocycles. The third kappa shape index (κ3) is 13.1. The lowest BCUT2D eigenvalue weighted by molar-refractivity contribution is -0.121. The Labute approximate surface area is 458 Å². The topological polar surface area (TPSA) is 197 Å². The number of ether oxygens (including phenoxy) is 4. The molecule has 10 bridgehead atoms. The fourth-order valence-electron chi connectivity index (χ4n) is 11.6. The summed E-state index contributed by atoms with van der Waals surface area (Å²) in [5.74, 6) is 3.29. The van der Waals surface area contributed by atoms with E-state index in [-0.39, 0.29) is 60.1 Å². The normalized spacial score (nSPS) is 21.5. The zero-order valence-electron chi connectivity index (χ0n) is 45.3. The number of nitrogens with zero attached hydrogens (tertiary/aromatic N) is 1. The van der Waals surface area contributed by atoms with Crippen LogP contribution in [0.1, 0.15) is 126 Å². The molecule has 5 aromatic rings. The number of aryl methyl sites for hydroxylation is 2. The number of nitrogens with two attached hydrogens (primary N) is 1. The van der Waals surface area contributed by atoms with Crippen LogP contribution >= 0.6 is 0 Å². The molecule has 6 atom stereocenters. The second kappa shape index (κ2) is 25.9. The molecule has 13 nitrogen and oxygen atoms in total. The first-order chi connectivity index (χ1) is 37.9. The van der Waals surface area contributed by atoms with Crippen LogP contribution in [0.5, 0.6) is 17.2 Å². The fraction of sp³-hybridized carbons (Fsp3) is 0.385. The largest absolute Gasteiger partial charge is 0.508 e. The summed E-state index contributed by atoms with van der Waals surface area (Å²) in [5.41, 5.74) is 14.4. The molecule has 4 aliphatic heterocycles. The van der Waals surface area contributed by atoms with Crippen LogP contribution in [0.15, 0.2) is 126 Å². The van der Waals surface area contributed by atoms with E-state index < -0.39 is 24.2 Å². The number of carbonyl (C=O) groups excluding carboxylic acids is 1. The number of Topliss-reactive ketones (excluding diaryl/α,β-unsaturated/α-hetero) is 1. The number of phenolic OH excluding ortho intramolecular Hbond substituents is 1. The van der Waals surface area contributed by atoms with Crippen molar-refractivity contribution in [2.24, 2.45) is 22.6 Å². The Morgan fingerprint density at radius 3 is 2.58 bits per heavy atom. The number of carbonyl (C=O) groups is 1. The van der Waals surface area contributed by atoms with E-state index >= 15 is 0 Å². The van der Waals surface area contributed by atoms with Gasteiger partial charge in [-0.05, 0) is 157 Å². The van der Waals surface area contributed by atoms with E-state index in [0.717, 1.165) is 77.5 Å². The molecule has 0 amide bonds. The predicted octanol–water partition coefficient (Wildman–Crippen LogP) is 10.9. The van der Waals surface area contributed by atoms with Crippen LogP contribution in [0, 0.1) is 23.9 Å². The third-order valence-corrected chi connectivity index (χ3v) is 15.7. The number of aliphatic hydroxyl groups excluding tert-OH is 2. The summed E-state index contributed by atoms with van der Waals surface area (Å²) in [7, 11) is 5.15. The van der Waals surface area contributed by atoms with E-state index in [1.807, 2.05) is 73.8 Å². The van der Waals surface area contributed by atoms with E-state index in [0.29, 0.717) is 72.0 Å². The van der Waals surface area contributed by atoms with E-state index in [4.69, 9.17) is 24.7 Å². The summed E-state index contributed by atoms with van der Waals surface area (Å²) in [5, 5.41) is 55.1. The van der Waals surface area contributed by atoms with Gasteiger partial charge in [0.1, 0.15) is 36.1 Å². The van der Waals surface area contributed by atoms with Crippen LogP contribution in [0.4, 0.5) is 5.69 Å². The van der Waals surface area contributed by atoms with Gasteiger partial charge in [0.05, 0.1) is 19.6 Å². The van der Waals surface area contributed by atoms with Crippen LogP contribution < -0.4 is 25.8 Å². The van der Waals surface area contributed by atoms with Gasteiger partial charge < -0.3 is 55.7 Å². The summed E-state index contributed by atoms with van der Waals surface area (Å²) in [6, 6.07) is 25.7. The minimum atomic E-state index is -1.91. The Morgan fingerprint density at radius 1 is 0.936 bits per heavy atom. The maximum Gasteiger partial charge on any atom is 0.192 e. The summed E-state index contributed by atoms with van der Waals surface area (Å²) in [6.07, 6.45) is 19.0. The van der Waals surface area contributed by atoms with Crippen LogP contribution in [0.2, 0.25) is 0 Å². The minimum absolute atomic E-state index is 0.000253. The van der Waals surface area contributed by atoms with Crippen molar-refractivity contribution in [2.45, 2.75) is 108 Å². The van der Waals surface area contributed by atoms with E-state index in [1.54, 1.807) is 20.2 Å². The number of ketones is 1. The zero-order chi connectivity index (χ0) is 54.7. The van der Waals surface area contributed by atoms with E-state index in [9.17, 15) is 25.2 Å². The van der Waals surface area contributed by atoms with E-state index in [1.165, 1.54) is 5.56 Å². The molecule has 0 spiro atoms. The number of aliphatic hydroxyl groups is 3. The molecule has 0 fully saturated rings. The Balaban J connectivity index is 1.19. The maximum atomic E-state index is 14.3. The number of fused-ring (bicyclic) bond motifs is 7. The van der Waals surface area contributed by atoms with Crippen molar-refractivity contribution in [1.82, 2.24) is 5.32 Å². The van der Waals surface area contributed by atoms with Gasteiger partial charge in [0.15, 0.2) is 23.7 Å². The van der Waals surface area contributed by atoms with Gasteiger partial charge in [-0.3, -0.25) is 9.79 Å². The number of hydrogen-bond acceptors (Lipinski definition) is 11. The first kappa shape index (κ1) is 55.4. The average molecular weight is 1060 g/mol. The molecule has 5 aromatic carbocycles. The molecule has 0 aromatic heterocycles. The van der Waals surface area contributed by atoms with Crippen LogP contribution in [-0.2, 0) is 40.1 Å². The van der Waals surface area contributed by atoms with E-state index in [2.05, 4.69) is 77.1 Å². The molecule has 2 aliphatic carbocycles. The Morgan fingerprint density at radius 2 is 1.77 bits per heavy atom. The number of anilines is 1. The molecular weight excluding hydrogens is 981 g/mol. The Bertz CT molecular complexity index is 3200. The first-order valence-corrected chi connectivity index (χ1v) is 27.5. The van der Waals surface area contributed by atoms with Gasteiger partial charge in [-0.1, -0.05) is 92.1 Å². The highest BCUT2D eigenvalue weighted by molar-refractivity contribution is 6.01. The number of rotatable bonds is 16. The molecule has 0 radical (unpaired) electrons. The highest BCUT2D eigenvalue weighted by Gasteiger charge is 2.34. The Hall–Kier alpha value is -7.34. The SMILES string of the molecule is CN=C(N)Nc1cccc(CCCC[C@@H]2C=C3/C=C/[C@@H](c4cccc(CCOCCCNC)c4)[C@H]4C#CO[C@H](CC(=O)CCc5ccc(OC)c(c5)OCc5c(C(O)O)cc6c4c(O)cc4c6c5C=C[C@H]4C)C[C@H]2C=C3O)c1. The van der Waals surface area contributed by atoms with Crippen molar-refractivity contribution in [1.29, 1.82) is 0 Å². The van der Waals surface area contributed by atoms with Gasteiger partial charge in [0.25, 0.3) is 0 Å². The fourth-order valence-corrected chi connectivity index (χ4v) is 11.6. The number of nitrogens with one attached hydrogen (secondary N) is 2. The molecule has 8 N–H and O–H groups in total. The lowest BCUT2D eigenvalue weighted by atomic mass is 9.74. The highest BCUT2D eigenvalue weighted by atomic mass is 16.5. The number of hydrogen-bond donors (Lipinski definition) is 7. The maximum absolute atomic E-state index is 14.3. The van der Waals surface area contributed by atoms with Crippen molar-refractivity contribution in [3.8, 4) is 29.3 Å². The molecule has 78 heavy (non-hydrogen) atoms. The number of allylic oxidation sites excluding steroid dienone is 5. The lowest BCUT2D eigenvalue weighted by Crippen LogP contribution is -2.25. The van der Waals surface area contributed by atoms with Gasteiger partial charge in [0.2, 0.25) is 0 Å². The average Bonchev–Trinajstić information content (AvgIpc) is 3.64. The predicted molar refractivity (Wildman–Crippen MR) is 308 cm³/mol. The molecule has 11 rings (SSSR count). The van der Waals surface area contributed by atoms with Crippen molar-refractivity contribution in [2.75, 3.05) is 46.3 Å². The van der Waals surface area contributed by atoms with Crippen molar-refractivity contribution < 1.29 is 44.2 Å². The van der Waals surface area contributed by atoms with Crippen LogP contribution in [0.3, 0.4) is 0 Å². The number of phenols is 1. The van der Waals surface area contributed by atoms with Crippen LogP contribution in [-0.4, -0.2) is 79.2 Å². The Kier molecular flexibility index (Phi) is 18.4. The highest BCUT2D eigenvalue weighted by Crippen LogP contribution is 2.49. The number of guanidine groups is 1. The first-order valence-electron chi connectivity index (χ1n) is 27.5. The molecule has 13 heteroatoms. The smallest absolute Gasteiger partial charge is 0.192 e. The third-order valence-electron chi connectivity index (χ3n) is 15.7. The van der Waals surface area contributed by atoms with Crippen molar-refractivity contribution in [3.05, 3.63) is 171 Å². The van der Waals surface area contributed by atoms with Crippen molar-refractivity contribution in [3.63, 3.8) is 0 Å². The molecule has 408 valence electrons. The molecule has 0 saturated heterocycles. The van der Waals surface area contributed by atoms with Gasteiger partial charge in [-0.25, -0.2) is 0 Å². The second-order valence-electron chi connectivity index (χ2n) is 21.0. The quantitative estimate of drug-likeness (QED) is 0.0163. The monoisotopic (exact) mass is 1050 g/mol. The molecule has 6 aliphatic rings. The summed E-state index contributed by atoms with van der Waals surface area (Å²) in [4.78, 5) is 18.3. The summed E-state index contributed by atoms with van der Waals surface area (Å²) in [6.45, 7) is 4.07. The van der Waals surface area contributed by atoms with Crippen LogP contribution in [0.25, 0.3) is 16.8 Å². The lowest BCUT2D eigenvalue weighted by Gasteiger charge is -2.30. The molecular formula is C65H74N4O9. The van der Waals surface area contributed by atoms with Gasteiger partial charge >= 0.3 is 0 Å². The number of aliphatic imine (C=N–C) groups is 1. The number of unbranched alkanes of at least 4 members (excludes halogenated alkanes) is 1. The number of methoxy groups -OCH3 is 1.